The third-order valence-electron chi connectivity index (χ3n) is 3.86. The highest BCUT2D eigenvalue weighted by atomic mass is 32.2. The molecule has 0 amide bonds. The van der Waals surface area contributed by atoms with Gasteiger partial charge in [0.1, 0.15) is 4.88 Å². The Balaban J connectivity index is 2.17. The smallest absolute Gasteiger partial charge is 0.348 e. The van der Waals surface area contributed by atoms with Gasteiger partial charge < -0.3 is 9.15 Å². The van der Waals surface area contributed by atoms with Crippen LogP contribution >= 0.6 is 11.3 Å². The second-order valence-corrected chi connectivity index (χ2v) is 8.14. The lowest BCUT2D eigenvalue weighted by molar-refractivity contribution is 0.0533. The quantitative estimate of drug-likeness (QED) is 0.667. The molecule has 0 saturated heterocycles. The Kier molecular flexibility index (Phi) is 4.99. The molecule has 0 atom stereocenters. The zero-order chi connectivity index (χ0) is 18.9. The van der Waals surface area contributed by atoms with Crippen molar-refractivity contribution in [2.45, 2.75) is 18.7 Å². The number of nitrogens with two attached hydrogens (primary N) is 1. The lowest BCUT2D eigenvalue weighted by Gasteiger charge is -2.07. The SMILES string of the molecule is CCOC(=O)c1sc(-c2ccoc2)c(C)c1-c1ccc(S(N)(=O)=O)cc1. The van der Waals surface area contributed by atoms with E-state index in [2.05, 4.69) is 0 Å². The van der Waals surface area contributed by atoms with Crippen LogP contribution in [0.5, 0.6) is 0 Å². The Hall–Kier alpha value is -2.42. The summed E-state index contributed by atoms with van der Waals surface area (Å²) >= 11 is 1.32. The molecule has 2 aromatic heterocycles. The molecule has 8 heteroatoms. The second kappa shape index (κ2) is 7.06. The molecular formula is C18H17NO5S2. The summed E-state index contributed by atoms with van der Waals surface area (Å²) in [6, 6.07) is 7.94. The van der Waals surface area contributed by atoms with Crippen LogP contribution in [0.1, 0.15) is 22.2 Å². The van der Waals surface area contributed by atoms with E-state index in [1.165, 1.54) is 23.5 Å². The Labute approximate surface area is 155 Å². The summed E-state index contributed by atoms with van der Waals surface area (Å²) in [5, 5.41) is 5.15. The van der Waals surface area contributed by atoms with Crippen LogP contribution in [0.3, 0.4) is 0 Å². The lowest BCUT2D eigenvalue weighted by Crippen LogP contribution is -2.11. The zero-order valence-corrected chi connectivity index (χ0v) is 15.8. The van der Waals surface area contributed by atoms with Crippen LogP contribution in [0.4, 0.5) is 0 Å². The van der Waals surface area contributed by atoms with Crippen LogP contribution in [-0.2, 0) is 14.8 Å². The van der Waals surface area contributed by atoms with E-state index in [-0.39, 0.29) is 11.5 Å². The number of esters is 1. The predicted molar refractivity (Wildman–Crippen MR) is 99.5 cm³/mol. The molecule has 6 nitrogen and oxygen atoms in total. The fourth-order valence-electron chi connectivity index (χ4n) is 2.68. The van der Waals surface area contributed by atoms with Crippen molar-refractivity contribution < 1.29 is 22.4 Å². The third-order valence-corrected chi connectivity index (χ3v) is 6.11. The van der Waals surface area contributed by atoms with E-state index in [4.69, 9.17) is 14.3 Å². The van der Waals surface area contributed by atoms with Crippen LogP contribution in [-0.4, -0.2) is 21.0 Å². The maximum atomic E-state index is 12.4. The molecule has 136 valence electrons. The number of benzene rings is 1. The fourth-order valence-corrected chi connectivity index (χ4v) is 4.41. The van der Waals surface area contributed by atoms with Gasteiger partial charge in [-0.1, -0.05) is 12.1 Å². The van der Waals surface area contributed by atoms with Crippen molar-refractivity contribution in [1.82, 2.24) is 0 Å². The monoisotopic (exact) mass is 391 g/mol. The second-order valence-electron chi connectivity index (χ2n) is 5.56. The largest absolute Gasteiger partial charge is 0.472 e. The Morgan fingerprint density at radius 3 is 2.42 bits per heavy atom. The number of furan rings is 1. The zero-order valence-electron chi connectivity index (χ0n) is 14.2. The van der Waals surface area contributed by atoms with Gasteiger partial charge in [-0.25, -0.2) is 18.4 Å². The summed E-state index contributed by atoms with van der Waals surface area (Å²) in [5.41, 5.74) is 3.18. The molecule has 0 saturated carbocycles. The van der Waals surface area contributed by atoms with Crippen molar-refractivity contribution in [2.75, 3.05) is 6.61 Å². The first-order valence-electron chi connectivity index (χ1n) is 7.79. The van der Waals surface area contributed by atoms with Gasteiger partial charge in [0.2, 0.25) is 10.0 Å². The predicted octanol–water partition coefficient (Wildman–Crippen LogP) is 3.81. The Bertz CT molecular complexity index is 1030. The van der Waals surface area contributed by atoms with E-state index in [1.807, 2.05) is 13.0 Å². The lowest BCUT2D eigenvalue weighted by atomic mass is 10.00. The van der Waals surface area contributed by atoms with E-state index >= 15 is 0 Å². The molecule has 0 radical (unpaired) electrons. The van der Waals surface area contributed by atoms with Crippen LogP contribution in [0.25, 0.3) is 21.6 Å². The molecule has 1 aromatic carbocycles. The molecule has 0 aliphatic rings. The number of carbonyl (C=O) groups is 1. The van der Waals surface area contributed by atoms with Gasteiger partial charge >= 0.3 is 5.97 Å². The van der Waals surface area contributed by atoms with Crippen molar-refractivity contribution in [1.29, 1.82) is 0 Å². The first-order valence-corrected chi connectivity index (χ1v) is 10.2. The maximum absolute atomic E-state index is 12.4. The first-order chi connectivity index (χ1) is 12.3. The van der Waals surface area contributed by atoms with Gasteiger partial charge in [0, 0.05) is 16.0 Å². The molecule has 3 rings (SSSR count). The minimum absolute atomic E-state index is 0.0156. The van der Waals surface area contributed by atoms with E-state index in [9.17, 15) is 13.2 Å². The van der Waals surface area contributed by atoms with E-state index in [1.54, 1.807) is 31.6 Å². The van der Waals surface area contributed by atoms with Crippen molar-refractivity contribution in [3.8, 4) is 21.6 Å². The minimum atomic E-state index is -3.78. The molecule has 0 bridgehead atoms. The molecule has 0 fully saturated rings. The topological polar surface area (TPSA) is 99.6 Å². The number of primary sulfonamides is 1. The fraction of sp³-hybridized carbons (Fsp3) is 0.167. The normalized spacial score (nSPS) is 11.5. The van der Waals surface area contributed by atoms with Crippen LogP contribution in [0.15, 0.2) is 52.2 Å². The van der Waals surface area contributed by atoms with Gasteiger partial charge in [0.25, 0.3) is 0 Å². The van der Waals surface area contributed by atoms with E-state index in [0.717, 1.165) is 16.0 Å². The van der Waals surface area contributed by atoms with E-state index < -0.39 is 16.0 Å². The van der Waals surface area contributed by atoms with Crippen molar-refractivity contribution in [3.05, 3.63) is 53.3 Å². The molecule has 3 aromatic rings. The number of thiophene rings is 1. The molecule has 26 heavy (non-hydrogen) atoms. The van der Waals surface area contributed by atoms with Gasteiger partial charge in [-0.2, -0.15) is 0 Å². The van der Waals surface area contributed by atoms with Gasteiger partial charge in [0.05, 0.1) is 24.0 Å². The van der Waals surface area contributed by atoms with Gasteiger partial charge in [-0.3, -0.25) is 0 Å². The third kappa shape index (κ3) is 3.44. The molecule has 2 N–H and O–H groups in total. The summed E-state index contributed by atoms with van der Waals surface area (Å²) in [4.78, 5) is 13.8. The standard InChI is InChI=1S/C18H17NO5S2/c1-3-24-18(20)17-15(11(2)16(25-17)13-8-9-23-10-13)12-4-6-14(7-5-12)26(19,21)22/h4-10H,3H2,1-2H3,(H2,19,21,22). The number of hydrogen-bond donors (Lipinski definition) is 1. The average Bonchev–Trinajstić information content (AvgIpc) is 3.22. The Morgan fingerprint density at radius 1 is 1.19 bits per heavy atom. The highest BCUT2D eigenvalue weighted by molar-refractivity contribution is 7.89. The number of rotatable bonds is 5. The highest BCUT2D eigenvalue weighted by Gasteiger charge is 2.24. The van der Waals surface area contributed by atoms with E-state index in [0.29, 0.717) is 16.0 Å². The van der Waals surface area contributed by atoms with Gasteiger partial charge in [-0.05, 0) is 43.2 Å². The molecular weight excluding hydrogens is 374 g/mol. The van der Waals surface area contributed by atoms with Gasteiger partial charge in [-0.15, -0.1) is 11.3 Å². The highest BCUT2D eigenvalue weighted by Crippen LogP contribution is 2.42. The molecule has 0 aliphatic heterocycles. The summed E-state index contributed by atoms with van der Waals surface area (Å²) in [6.45, 7) is 3.92. The molecule has 0 unspecified atom stereocenters. The molecule has 0 aliphatic carbocycles. The van der Waals surface area contributed by atoms with Crippen molar-refractivity contribution in [2.24, 2.45) is 5.14 Å². The summed E-state index contributed by atoms with van der Waals surface area (Å²) < 4.78 is 33.3. The average molecular weight is 391 g/mol. The Morgan fingerprint density at radius 2 is 1.88 bits per heavy atom. The first kappa shape index (κ1) is 18.4. The maximum Gasteiger partial charge on any atom is 0.348 e. The van der Waals surface area contributed by atoms with Crippen molar-refractivity contribution >= 4 is 27.3 Å². The number of sulfonamides is 1. The summed E-state index contributed by atoms with van der Waals surface area (Å²) in [6.07, 6.45) is 3.18. The minimum Gasteiger partial charge on any atom is -0.472 e. The van der Waals surface area contributed by atoms with Crippen LogP contribution in [0.2, 0.25) is 0 Å². The van der Waals surface area contributed by atoms with Gasteiger partial charge in [0.15, 0.2) is 0 Å². The van der Waals surface area contributed by atoms with Crippen molar-refractivity contribution in [3.63, 3.8) is 0 Å². The summed E-state index contributed by atoms with van der Waals surface area (Å²) in [7, 11) is -3.78. The summed E-state index contributed by atoms with van der Waals surface area (Å²) in [5.74, 6) is -0.416. The number of carbonyl (C=O) groups excluding carboxylic acids is 1. The van der Waals surface area contributed by atoms with Crippen LogP contribution in [0, 0.1) is 6.92 Å². The molecule has 2 heterocycles. The molecule has 0 spiro atoms. The number of hydrogen-bond acceptors (Lipinski definition) is 6. The van der Waals surface area contributed by atoms with Crippen LogP contribution < -0.4 is 5.14 Å². The number of ether oxygens (including phenoxy) is 1.